The zero-order valence-electron chi connectivity index (χ0n) is 13.4. The average Bonchev–Trinajstić information content (AvgIpc) is 3.00. The summed E-state index contributed by atoms with van der Waals surface area (Å²) in [6, 6.07) is 24.6. The number of aldehydes is 1. The highest BCUT2D eigenvalue weighted by Gasteiger charge is 2.14. The molecule has 0 saturated heterocycles. The molecule has 0 saturated carbocycles. The first-order valence-corrected chi connectivity index (χ1v) is 8.00. The number of hydrogen-bond acceptors (Lipinski definition) is 1. The van der Waals surface area contributed by atoms with E-state index in [1.165, 1.54) is 0 Å². The number of nitrogens with one attached hydrogen (secondary N) is 1. The molecule has 0 unspecified atom stereocenters. The van der Waals surface area contributed by atoms with Gasteiger partial charge in [0.05, 0.1) is 5.69 Å². The second-order valence-electron chi connectivity index (χ2n) is 5.97. The summed E-state index contributed by atoms with van der Waals surface area (Å²) in [5.74, 6) is 0. The van der Waals surface area contributed by atoms with E-state index in [0.29, 0.717) is 0 Å². The standard InChI is InChI=1S/C22H17NO/c1-15-7-5-6-10-18(15)22-20(14-24)19-13-17(11-12-21(19)23-22)16-8-3-2-4-9-16/h2-14,23H,1H3. The summed E-state index contributed by atoms with van der Waals surface area (Å²) in [5, 5.41) is 0.963. The molecule has 4 rings (SSSR count). The molecule has 0 aliphatic rings. The number of carbonyl (C=O) groups excluding carboxylic acids is 1. The van der Waals surface area contributed by atoms with Gasteiger partial charge in [-0.1, -0.05) is 60.7 Å². The topological polar surface area (TPSA) is 32.9 Å². The average molecular weight is 311 g/mol. The first-order valence-electron chi connectivity index (χ1n) is 8.00. The van der Waals surface area contributed by atoms with Crippen molar-refractivity contribution in [2.24, 2.45) is 0 Å². The van der Waals surface area contributed by atoms with Gasteiger partial charge in [0.2, 0.25) is 0 Å². The smallest absolute Gasteiger partial charge is 0.152 e. The Bertz CT molecular complexity index is 1030. The summed E-state index contributed by atoms with van der Waals surface area (Å²) in [7, 11) is 0. The number of fused-ring (bicyclic) bond motifs is 1. The van der Waals surface area contributed by atoms with Gasteiger partial charge in [-0.3, -0.25) is 4.79 Å². The van der Waals surface area contributed by atoms with Gasteiger partial charge in [0.25, 0.3) is 0 Å². The predicted molar refractivity (Wildman–Crippen MR) is 99.3 cm³/mol. The third-order valence-corrected chi connectivity index (χ3v) is 4.48. The molecule has 2 heteroatoms. The lowest BCUT2D eigenvalue weighted by Crippen LogP contribution is -1.87. The van der Waals surface area contributed by atoms with E-state index < -0.39 is 0 Å². The molecular formula is C22H17NO. The molecule has 1 heterocycles. The van der Waals surface area contributed by atoms with Crippen LogP contribution in [0.25, 0.3) is 33.3 Å². The van der Waals surface area contributed by atoms with Crippen molar-refractivity contribution < 1.29 is 4.79 Å². The van der Waals surface area contributed by atoms with Gasteiger partial charge in [-0.05, 0) is 35.7 Å². The number of carbonyl (C=O) groups is 1. The summed E-state index contributed by atoms with van der Waals surface area (Å²) in [5.41, 5.74) is 7.07. The molecule has 0 spiro atoms. The first kappa shape index (κ1) is 14.5. The summed E-state index contributed by atoms with van der Waals surface area (Å²) in [6.07, 6.45) is 0.954. The summed E-state index contributed by atoms with van der Waals surface area (Å²) >= 11 is 0. The molecule has 0 radical (unpaired) electrons. The Labute approximate surface area is 140 Å². The molecule has 24 heavy (non-hydrogen) atoms. The van der Waals surface area contributed by atoms with Gasteiger partial charge in [-0.25, -0.2) is 0 Å². The van der Waals surface area contributed by atoms with Crippen molar-refractivity contribution in [1.29, 1.82) is 0 Å². The van der Waals surface area contributed by atoms with E-state index >= 15 is 0 Å². The lowest BCUT2D eigenvalue weighted by molar-refractivity contribution is 0.112. The highest BCUT2D eigenvalue weighted by molar-refractivity contribution is 6.05. The summed E-state index contributed by atoms with van der Waals surface area (Å²) < 4.78 is 0. The number of hydrogen-bond donors (Lipinski definition) is 1. The van der Waals surface area contributed by atoms with Crippen molar-refractivity contribution in [3.05, 3.63) is 83.9 Å². The molecule has 1 N–H and O–H groups in total. The molecule has 3 aromatic carbocycles. The summed E-state index contributed by atoms with van der Waals surface area (Å²) in [4.78, 5) is 15.2. The molecule has 0 atom stereocenters. The van der Waals surface area contributed by atoms with Gasteiger partial charge >= 0.3 is 0 Å². The number of benzene rings is 3. The maximum Gasteiger partial charge on any atom is 0.152 e. The van der Waals surface area contributed by atoms with Crippen LogP contribution in [0.1, 0.15) is 15.9 Å². The Morgan fingerprint density at radius 3 is 2.33 bits per heavy atom. The second kappa shape index (κ2) is 5.82. The molecule has 2 nitrogen and oxygen atoms in total. The van der Waals surface area contributed by atoms with E-state index in [1.807, 2.05) is 42.5 Å². The number of rotatable bonds is 3. The first-order chi connectivity index (χ1) is 11.8. The quantitative estimate of drug-likeness (QED) is 0.489. The Kier molecular flexibility index (Phi) is 3.51. The van der Waals surface area contributed by atoms with Gasteiger partial charge < -0.3 is 4.98 Å². The van der Waals surface area contributed by atoms with E-state index in [2.05, 4.69) is 42.2 Å². The monoisotopic (exact) mass is 311 g/mol. The fourth-order valence-electron chi connectivity index (χ4n) is 3.21. The molecule has 0 amide bonds. The van der Waals surface area contributed by atoms with E-state index in [0.717, 1.165) is 50.7 Å². The highest BCUT2D eigenvalue weighted by Crippen LogP contribution is 2.33. The molecular weight excluding hydrogens is 294 g/mol. The maximum atomic E-state index is 11.8. The largest absolute Gasteiger partial charge is 0.354 e. The van der Waals surface area contributed by atoms with E-state index in [-0.39, 0.29) is 0 Å². The highest BCUT2D eigenvalue weighted by atomic mass is 16.1. The van der Waals surface area contributed by atoms with Gasteiger partial charge in [0, 0.05) is 22.0 Å². The fourth-order valence-corrected chi connectivity index (χ4v) is 3.21. The minimum Gasteiger partial charge on any atom is -0.354 e. The van der Waals surface area contributed by atoms with Crippen molar-refractivity contribution >= 4 is 17.2 Å². The Hall–Kier alpha value is -3.13. The Balaban J connectivity index is 1.95. The van der Waals surface area contributed by atoms with Crippen LogP contribution in [-0.4, -0.2) is 11.3 Å². The molecule has 116 valence electrons. The van der Waals surface area contributed by atoms with Crippen molar-refractivity contribution in [2.45, 2.75) is 6.92 Å². The third-order valence-electron chi connectivity index (χ3n) is 4.48. The van der Waals surface area contributed by atoms with Crippen LogP contribution >= 0.6 is 0 Å². The SMILES string of the molecule is Cc1ccccc1-c1[nH]c2ccc(-c3ccccc3)cc2c1C=O. The third kappa shape index (κ3) is 2.33. The maximum absolute atomic E-state index is 11.8. The van der Waals surface area contributed by atoms with Crippen molar-refractivity contribution in [3.8, 4) is 22.4 Å². The van der Waals surface area contributed by atoms with Gasteiger partial charge in [-0.15, -0.1) is 0 Å². The molecule has 1 aromatic heterocycles. The van der Waals surface area contributed by atoms with E-state index in [1.54, 1.807) is 0 Å². The molecule has 0 aliphatic heterocycles. The van der Waals surface area contributed by atoms with Crippen molar-refractivity contribution in [1.82, 2.24) is 4.98 Å². The fraction of sp³-hybridized carbons (Fsp3) is 0.0455. The van der Waals surface area contributed by atoms with Crippen LogP contribution in [0.15, 0.2) is 72.8 Å². The lowest BCUT2D eigenvalue weighted by atomic mass is 9.99. The van der Waals surface area contributed by atoms with Crippen LogP contribution in [0.3, 0.4) is 0 Å². The zero-order valence-corrected chi connectivity index (χ0v) is 13.4. The molecule has 0 fully saturated rings. The minimum absolute atomic E-state index is 0.720. The van der Waals surface area contributed by atoms with Crippen molar-refractivity contribution in [2.75, 3.05) is 0 Å². The summed E-state index contributed by atoms with van der Waals surface area (Å²) in [6.45, 7) is 2.06. The molecule has 0 aliphatic carbocycles. The van der Waals surface area contributed by atoms with Crippen LogP contribution in [0.2, 0.25) is 0 Å². The van der Waals surface area contributed by atoms with Gasteiger partial charge in [-0.2, -0.15) is 0 Å². The van der Waals surface area contributed by atoms with Crippen LogP contribution in [-0.2, 0) is 0 Å². The van der Waals surface area contributed by atoms with Crippen LogP contribution in [0.5, 0.6) is 0 Å². The number of aromatic amines is 1. The van der Waals surface area contributed by atoms with Crippen LogP contribution in [0, 0.1) is 6.92 Å². The molecule has 0 bridgehead atoms. The van der Waals surface area contributed by atoms with E-state index in [9.17, 15) is 4.79 Å². The van der Waals surface area contributed by atoms with Crippen LogP contribution < -0.4 is 0 Å². The molecule has 4 aromatic rings. The number of aryl methyl sites for hydroxylation is 1. The Morgan fingerprint density at radius 2 is 1.58 bits per heavy atom. The van der Waals surface area contributed by atoms with E-state index in [4.69, 9.17) is 0 Å². The van der Waals surface area contributed by atoms with Crippen molar-refractivity contribution in [3.63, 3.8) is 0 Å². The second-order valence-corrected chi connectivity index (χ2v) is 5.97. The van der Waals surface area contributed by atoms with Gasteiger partial charge in [0.15, 0.2) is 6.29 Å². The zero-order chi connectivity index (χ0) is 16.5. The predicted octanol–water partition coefficient (Wildman–Crippen LogP) is 5.62. The lowest BCUT2D eigenvalue weighted by Gasteiger charge is -2.04. The normalized spacial score (nSPS) is 10.9. The number of aromatic nitrogens is 1. The number of H-pyrrole nitrogens is 1. The van der Waals surface area contributed by atoms with Gasteiger partial charge in [0.1, 0.15) is 0 Å². The van der Waals surface area contributed by atoms with Crippen LogP contribution in [0.4, 0.5) is 0 Å². The minimum atomic E-state index is 0.720. The Morgan fingerprint density at radius 1 is 0.833 bits per heavy atom.